The maximum atomic E-state index is 11.5. The first-order valence-electron chi connectivity index (χ1n) is 6.51. The highest BCUT2D eigenvalue weighted by Gasteiger charge is 2.25. The molecule has 1 amide bonds. The van der Waals surface area contributed by atoms with Crippen LogP contribution < -0.4 is 5.32 Å². The van der Waals surface area contributed by atoms with Crippen molar-refractivity contribution in [2.45, 2.75) is 32.2 Å². The lowest BCUT2D eigenvalue weighted by Gasteiger charge is -2.35. The Labute approximate surface area is 98.0 Å². The number of likely N-dealkylation sites (tertiary alicyclic amines) is 1. The van der Waals surface area contributed by atoms with Gasteiger partial charge in [-0.3, -0.25) is 9.69 Å². The van der Waals surface area contributed by atoms with Crippen molar-refractivity contribution in [1.82, 2.24) is 15.1 Å². The summed E-state index contributed by atoms with van der Waals surface area (Å²) in [6.07, 6.45) is 4.07. The standard InChI is InChI=1S/C12H23N3O/c1-11-12(16)13-5-8-15(11)10-9-14-6-3-2-4-7-14/h11H,2-10H2,1H3,(H,13,16). The molecule has 0 spiro atoms. The fourth-order valence-electron chi connectivity index (χ4n) is 2.59. The number of carbonyl (C=O) groups excluding carboxylic acids is 1. The Balaban J connectivity index is 1.73. The van der Waals surface area contributed by atoms with Crippen LogP contribution in [0.2, 0.25) is 0 Å². The molecule has 2 fully saturated rings. The molecule has 0 aliphatic carbocycles. The first-order valence-corrected chi connectivity index (χ1v) is 6.51. The van der Waals surface area contributed by atoms with E-state index in [4.69, 9.17) is 0 Å². The third-order valence-corrected chi connectivity index (χ3v) is 3.78. The topological polar surface area (TPSA) is 35.6 Å². The van der Waals surface area contributed by atoms with Crippen LogP contribution in [0.5, 0.6) is 0 Å². The van der Waals surface area contributed by atoms with Crippen LogP contribution in [0.3, 0.4) is 0 Å². The Kier molecular flexibility index (Phi) is 4.18. The number of nitrogens with zero attached hydrogens (tertiary/aromatic N) is 2. The van der Waals surface area contributed by atoms with E-state index < -0.39 is 0 Å². The molecule has 16 heavy (non-hydrogen) atoms. The van der Waals surface area contributed by atoms with E-state index in [0.29, 0.717) is 0 Å². The van der Waals surface area contributed by atoms with Crippen LogP contribution in [-0.4, -0.2) is 61.0 Å². The number of rotatable bonds is 3. The van der Waals surface area contributed by atoms with Crippen LogP contribution in [-0.2, 0) is 4.79 Å². The molecular formula is C12H23N3O. The monoisotopic (exact) mass is 225 g/mol. The molecule has 2 aliphatic heterocycles. The van der Waals surface area contributed by atoms with Gasteiger partial charge in [0.1, 0.15) is 0 Å². The summed E-state index contributed by atoms with van der Waals surface area (Å²) in [5, 5.41) is 2.91. The van der Waals surface area contributed by atoms with Crippen molar-refractivity contribution in [2.24, 2.45) is 0 Å². The Hall–Kier alpha value is -0.610. The highest BCUT2D eigenvalue weighted by atomic mass is 16.2. The van der Waals surface area contributed by atoms with Crippen molar-refractivity contribution in [3.05, 3.63) is 0 Å². The largest absolute Gasteiger partial charge is 0.353 e. The van der Waals surface area contributed by atoms with Crippen LogP contribution in [0, 0.1) is 0 Å². The van der Waals surface area contributed by atoms with Crippen LogP contribution in [0.25, 0.3) is 0 Å². The fourth-order valence-corrected chi connectivity index (χ4v) is 2.59. The van der Waals surface area contributed by atoms with E-state index in [1.165, 1.54) is 32.4 Å². The predicted octanol–water partition coefficient (Wildman–Crippen LogP) is 0.293. The average Bonchev–Trinajstić information content (AvgIpc) is 2.32. The van der Waals surface area contributed by atoms with E-state index in [1.54, 1.807) is 0 Å². The van der Waals surface area contributed by atoms with E-state index >= 15 is 0 Å². The summed E-state index contributed by atoms with van der Waals surface area (Å²) in [6.45, 7) is 8.46. The van der Waals surface area contributed by atoms with Crippen molar-refractivity contribution in [1.29, 1.82) is 0 Å². The zero-order valence-electron chi connectivity index (χ0n) is 10.2. The first-order chi connectivity index (χ1) is 7.77. The van der Waals surface area contributed by atoms with Gasteiger partial charge in [0.2, 0.25) is 5.91 Å². The van der Waals surface area contributed by atoms with Gasteiger partial charge in [0.25, 0.3) is 0 Å². The van der Waals surface area contributed by atoms with Gasteiger partial charge in [-0.2, -0.15) is 0 Å². The Morgan fingerprint density at radius 3 is 2.69 bits per heavy atom. The first kappa shape index (κ1) is 11.9. The number of hydrogen-bond donors (Lipinski definition) is 1. The second kappa shape index (κ2) is 5.64. The average molecular weight is 225 g/mol. The summed E-state index contributed by atoms with van der Waals surface area (Å²) in [5.41, 5.74) is 0. The molecule has 1 N–H and O–H groups in total. The number of carbonyl (C=O) groups is 1. The SMILES string of the molecule is CC1C(=O)NCCN1CCN1CCCCC1. The minimum absolute atomic E-state index is 0.0542. The zero-order chi connectivity index (χ0) is 11.4. The van der Waals surface area contributed by atoms with Crippen molar-refractivity contribution < 1.29 is 4.79 Å². The van der Waals surface area contributed by atoms with Gasteiger partial charge in [-0.25, -0.2) is 0 Å². The minimum atomic E-state index is 0.0542. The van der Waals surface area contributed by atoms with E-state index in [-0.39, 0.29) is 11.9 Å². The molecule has 0 saturated carbocycles. The third-order valence-electron chi connectivity index (χ3n) is 3.78. The maximum absolute atomic E-state index is 11.5. The Morgan fingerprint density at radius 1 is 1.19 bits per heavy atom. The van der Waals surface area contributed by atoms with Gasteiger partial charge < -0.3 is 10.2 Å². The Morgan fingerprint density at radius 2 is 1.94 bits per heavy atom. The predicted molar refractivity (Wildman–Crippen MR) is 64.3 cm³/mol. The molecule has 2 heterocycles. The molecule has 0 radical (unpaired) electrons. The van der Waals surface area contributed by atoms with Crippen LogP contribution >= 0.6 is 0 Å². The molecule has 1 atom stereocenters. The maximum Gasteiger partial charge on any atom is 0.237 e. The molecule has 92 valence electrons. The Bertz CT molecular complexity index is 238. The van der Waals surface area contributed by atoms with E-state index in [0.717, 1.165) is 26.2 Å². The molecule has 0 aromatic rings. The van der Waals surface area contributed by atoms with Crippen molar-refractivity contribution in [2.75, 3.05) is 39.3 Å². The molecule has 4 heteroatoms. The minimum Gasteiger partial charge on any atom is -0.353 e. The van der Waals surface area contributed by atoms with Crippen LogP contribution in [0.15, 0.2) is 0 Å². The van der Waals surface area contributed by atoms with E-state index in [9.17, 15) is 4.79 Å². The molecule has 2 aliphatic rings. The molecule has 2 saturated heterocycles. The van der Waals surface area contributed by atoms with Gasteiger partial charge in [0, 0.05) is 26.2 Å². The van der Waals surface area contributed by atoms with Gasteiger partial charge in [-0.05, 0) is 32.9 Å². The summed E-state index contributed by atoms with van der Waals surface area (Å²) in [6, 6.07) is 0.0542. The third kappa shape index (κ3) is 2.95. The lowest BCUT2D eigenvalue weighted by molar-refractivity contribution is -0.128. The van der Waals surface area contributed by atoms with Gasteiger partial charge in [0.15, 0.2) is 0 Å². The van der Waals surface area contributed by atoms with Gasteiger partial charge in [0.05, 0.1) is 6.04 Å². The number of piperazine rings is 1. The lowest BCUT2D eigenvalue weighted by Crippen LogP contribution is -2.55. The quantitative estimate of drug-likeness (QED) is 0.750. The van der Waals surface area contributed by atoms with Crippen molar-refractivity contribution >= 4 is 5.91 Å². The second-order valence-corrected chi connectivity index (χ2v) is 4.91. The molecule has 2 rings (SSSR count). The number of hydrogen-bond acceptors (Lipinski definition) is 3. The summed E-state index contributed by atoms with van der Waals surface area (Å²) in [4.78, 5) is 16.3. The summed E-state index contributed by atoms with van der Waals surface area (Å²) < 4.78 is 0. The number of amides is 1. The molecule has 0 aromatic carbocycles. The van der Waals surface area contributed by atoms with Crippen LogP contribution in [0.1, 0.15) is 26.2 Å². The van der Waals surface area contributed by atoms with E-state index in [1.807, 2.05) is 6.92 Å². The number of piperidine rings is 1. The molecule has 0 aromatic heterocycles. The van der Waals surface area contributed by atoms with Crippen molar-refractivity contribution in [3.63, 3.8) is 0 Å². The lowest BCUT2D eigenvalue weighted by atomic mass is 10.1. The smallest absolute Gasteiger partial charge is 0.237 e. The molecule has 0 bridgehead atoms. The highest BCUT2D eigenvalue weighted by molar-refractivity contribution is 5.81. The normalized spacial score (nSPS) is 29.1. The summed E-state index contributed by atoms with van der Waals surface area (Å²) in [5.74, 6) is 0.185. The molecule has 4 nitrogen and oxygen atoms in total. The van der Waals surface area contributed by atoms with Crippen LogP contribution in [0.4, 0.5) is 0 Å². The molecule has 1 unspecified atom stereocenters. The van der Waals surface area contributed by atoms with Crippen molar-refractivity contribution in [3.8, 4) is 0 Å². The molecular weight excluding hydrogens is 202 g/mol. The summed E-state index contributed by atoms with van der Waals surface area (Å²) >= 11 is 0. The van der Waals surface area contributed by atoms with Gasteiger partial charge in [-0.1, -0.05) is 6.42 Å². The summed E-state index contributed by atoms with van der Waals surface area (Å²) in [7, 11) is 0. The van der Waals surface area contributed by atoms with Gasteiger partial charge >= 0.3 is 0 Å². The van der Waals surface area contributed by atoms with E-state index in [2.05, 4.69) is 15.1 Å². The second-order valence-electron chi connectivity index (χ2n) is 4.91. The fraction of sp³-hybridized carbons (Fsp3) is 0.917. The zero-order valence-corrected chi connectivity index (χ0v) is 10.2. The van der Waals surface area contributed by atoms with Gasteiger partial charge in [-0.15, -0.1) is 0 Å². The highest BCUT2D eigenvalue weighted by Crippen LogP contribution is 2.09. The number of nitrogens with one attached hydrogen (secondary N) is 1.